The van der Waals surface area contributed by atoms with Gasteiger partial charge in [0.2, 0.25) is 0 Å². The summed E-state index contributed by atoms with van der Waals surface area (Å²) in [7, 11) is 0. The summed E-state index contributed by atoms with van der Waals surface area (Å²) >= 11 is 3.48. The van der Waals surface area contributed by atoms with E-state index in [-0.39, 0.29) is 0 Å². The molecule has 1 aromatic heterocycles. The fourth-order valence-corrected chi connectivity index (χ4v) is 2.24. The lowest BCUT2D eigenvalue weighted by Gasteiger charge is -2.20. The summed E-state index contributed by atoms with van der Waals surface area (Å²) < 4.78 is 5.40. The monoisotopic (exact) mass is 271 g/mol. The van der Waals surface area contributed by atoms with Crippen molar-refractivity contribution in [1.82, 2.24) is 4.90 Å². The lowest BCUT2D eigenvalue weighted by atomic mass is 10.3. The molecule has 0 radical (unpaired) electrons. The molecule has 2 rings (SSSR count). The highest BCUT2D eigenvalue weighted by Gasteiger charge is 2.28. The molecule has 2 nitrogen and oxygen atoms in total. The van der Waals surface area contributed by atoms with Crippen LogP contribution in [-0.4, -0.2) is 22.8 Å². The molecule has 1 saturated carbocycles. The summed E-state index contributed by atoms with van der Waals surface area (Å²) in [5, 5.41) is 1.12. The van der Waals surface area contributed by atoms with Gasteiger partial charge in [-0.1, -0.05) is 15.9 Å². The molecule has 0 aliphatic heterocycles. The first-order chi connectivity index (χ1) is 7.40. The molecule has 1 aliphatic rings. The summed E-state index contributed by atoms with van der Waals surface area (Å²) in [4.78, 5) is 2.56. The third kappa shape index (κ3) is 3.65. The number of furan rings is 1. The number of nitrogens with zero attached hydrogens (tertiary/aromatic N) is 1. The summed E-state index contributed by atoms with van der Waals surface area (Å²) in [6.07, 6.45) is 7.05. The van der Waals surface area contributed by atoms with Crippen LogP contribution in [-0.2, 0) is 6.54 Å². The van der Waals surface area contributed by atoms with Crippen LogP contribution >= 0.6 is 15.9 Å². The van der Waals surface area contributed by atoms with Crippen molar-refractivity contribution in [2.75, 3.05) is 11.9 Å². The molecule has 84 valence electrons. The van der Waals surface area contributed by atoms with Crippen molar-refractivity contribution in [3.63, 3.8) is 0 Å². The third-order valence-corrected chi connectivity index (χ3v) is 3.39. The zero-order chi connectivity index (χ0) is 10.5. The quantitative estimate of drug-likeness (QED) is 0.558. The SMILES string of the molecule is BrCCCCN(Cc1ccco1)C1CC1. The van der Waals surface area contributed by atoms with Crippen LogP contribution in [0.1, 0.15) is 31.4 Å². The second-order valence-corrected chi connectivity index (χ2v) is 4.97. The van der Waals surface area contributed by atoms with E-state index in [1.165, 1.54) is 32.2 Å². The Bertz CT molecular complexity index is 269. The first-order valence-corrected chi connectivity index (χ1v) is 6.84. The Morgan fingerprint density at radius 3 is 2.87 bits per heavy atom. The normalized spacial score (nSPS) is 16.1. The first-order valence-electron chi connectivity index (χ1n) is 5.72. The molecule has 0 bridgehead atoms. The molecule has 1 fully saturated rings. The minimum Gasteiger partial charge on any atom is -0.468 e. The van der Waals surface area contributed by atoms with E-state index in [1.807, 2.05) is 6.07 Å². The predicted octanol–water partition coefficient (Wildman–Crippen LogP) is 3.42. The molecular formula is C12H18BrNO. The van der Waals surface area contributed by atoms with Crippen molar-refractivity contribution in [2.45, 2.75) is 38.3 Å². The maximum absolute atomic E-state index is 5.40. The molecule has 15 heavy (non-hydrogen) atoms. The second kappa shape index (κ2) is 5.71. The fraction of sp³-hybridized carbons (Fsp3) is 0.667. The Hall–Kier alpha value is -0.280. The van der Waals surface area contributed by atoms with Crippen molar-refractivity contribution in [2.24, 2.45) is 0 Å². The van der Waals surface area contributed by atoms with Crippen molar-refractivity contribution in [3.05, 3.63) is 24.2 Å². The molecule has 1 aromatic rings. The maximum atomic E-state index is 5.40. The molecule has 1 heterocycles. The van der Waals surface area contributed by atoms with Crippen molar-refractivity contribution >= 4 is 15.9 Å². The van der Waals surface area contributed by atoms with E-state index in [0.29, 0.717) is 0 Å². The largest absolute Gasteiger partial charge is 0.468 e. The standard InChI is InChI=1S/C12H18BrNO/c13-7-1-2-8-14(11-5-6-11)10-12-4-3-9-15-12/h3-4,9,11H,1-2,5-8,10H2. The molecule has 0 amide bonds. The number of hydrogen-bond donors (Lipinski definition) is 0. The molecule has 0 saturated heterocycles. The summed E-state index contributed by atoms with van der Waals surface area (Å²) in [6, 6.07) is 4.86. The van der Waals surface area contributed by atoms with Gasteiger partial charge in [-0.2, -0.15) is 0 Å². The first kappa shape index (κ1) is 11.2. The smallest absolute Gasteiger partial charge is 0.117 e. The van der Waals surface area contributed by atoms with E-state index in [1.54, 1.807) is 6.26 Å². The van der Waals surface area contributed by atoms with E-state index < -0.39 is 0 Å². The number of alkyl halides is 1. The van der Waals surface area contributed by atoms with Gasteiger partial charge >= 0.3 is 0 Å². The molecule has 1 aliphatic carbocycles. The van der Waals surface area contributed by atoms with Crippen molar-refractivity contribution in [3.8, 4) is 0 Å². The molecule has 0 atom stereocenters. The second-order valence-electron chi connectivity index (χ2n) is 4.18. The number of unbranched alkanes of at least 4 members (excludes halogenated alkanes) is 1. The Morgan fingerprint density at radius 2 is 2.27 bits per heavy atom. The molecule has 3 heteroatoms. The predicted molar refractivity (Wildman–Crippen MR) is 65.2 cm³/mol. The average Bonchev–Trinajstić information content (AvgIpc) is 2.97. The number of hydrogen-bond acceptors (Lipinski definition) is 2. The van der Waals surface area contributed by atoms with E-state index in [9.17, 15) is 0 Å². The molecule has 0 unspecified atom stereocenters. The van der Waals surface area contributed by atoms with E-state index in [0.717, 1.165) is 23.7 Å². The van der Waals surface area contributed by atoms with E-state index in [4.69, 9.17) is 4.42 Å². The highest BCUT2D eigenvalue weighted by Crippen LogP contribution is 2.28. The summed E-state index contributed by atoms with van der Waals surface area (Å²) in [6.45, 7) is 2.19. The minimum absolute atomic E-state index is 0.824. The molecule has 0 spiro atoms. The van der Waals surface area contributed by atoms with Gasteiger partial charge in [0, 0.05) is 11.4 Å². The zero-order valence-electron chi connectivity index (χ0n) is 8.99. The van der Waals surface area contributed by atoms with Crippen LogP contribution in [0.4, 0.5) is 0 Å². The molecule has 0 aromatic carbocycles. The van der Waals surface area contributed by atoms with E-state index in [2.05, 4.69) is 26.9 Å². The van der Waals surface area contributed by atoms with Gasteiger partial charge in [-0.25, -0.2) is 0 Å². The number of rotatable bonds is 7. The van der Waals surface area contributed by atoms with Gasteiger partial charge in [-0.05, 0) is 44.4 Å². The van der Waals surface area contributed by atoms with Crippen LogP contribution in [0.3, 0.4) is 0 Å². The Labute approximate surface area is 99.8 Å². The Morgan fingerprint density at radius 1 is 1.40 bits per heavy atom. The molecular weight excluding hydrogens is 254 g/mol. The Balaban J connectivity index is 1.78. The van der Waals surface area contributed by atoms with Crippen LogP contribution in [0, 0.1) is 0 Å². The van der Waals surface area contributed by atoms with Gasteiger partial charge in [0.15, 0.2) is 0 Å². The minimum atomic E-state index is 0.824. The van der Waals surface area contributed by atoms with E-state index >= 15 is 0 Å². The topological polar surface area (TPSA) is 16.4 Å². The van der Waals surface area contributed by atoms with Gasteiger partial charge in [0.1, 0.15) is 5.76 Å². The summed E-state index contributed by atoms with van der Waals surface area (Å²) in [5.74, 6) is 1.10. The van der Waals surface area contributed by atoms with Crippen LogP contribution in [0.25, 0.3) is 0 Å². The van der Waals surface area contributed by atoms with Crippen molar-refractivity contribution in [1.29, 1.82) is 0 Å². The van der Waals surface area contributed by atoms with Gasteiger partial charge in [0.25, 0.3) is 0 Å². The van der Waals surface area contributed by atoms with Crippen LogP contribution < -0.4 is 0 Å². The fourth-order valence-electron chi connectivity index (χ4n) is 1.84. The third-order valence-electron chi connectivity index (χ3n) is 2.83. The highest BCUT2D eigenvalue weighted by molar-refractivity contribution is 9.09. The number of halogens is 1. The lowest BCUT2D eigenvalue weighted by molar-refractivity contribution is 0.230. The lowest BCUT2D eigenvalue weighted by Crippen LogP contribution is -2.26. The van der Waals surface area contributed by atoms with Gasteiger partial charge in [-0.15, -0.1) is 0 Å². The van der Waals surface area contributed by atoms with Crippen LogP contribution in [0.5, 0.6) is 0 Å². The summed E-state index contributed by atoms with van der Waals surface area (Å²) in [5.41, 5.74) is 0. The van der Waals surface area contributed by atoms with Crippen LogP contribution in [0.2, 0.25) is 0 Å². The van der Waals surface area contributed by atoms with Gasteiger partial charge in [0.05, 0.1) is 12.8 Å². The average molecular weight is 272 g/mol. The molecule has 0 N–H and O–H groups in total. The Kier molecular flexibility index (Phi) is 4.27. The highest BCUT2D eigenvalue weighted by atomic mass is 79.9. The zero-order valence-corrected chi connectivity index (χ0v) is 10.6. The van der Waals surface area contributed by atoms with Crippen LogP contribution in [0.15, 0.2) is 22.8 Å². The van der Waals surface area contributed by atoms with Crippen molar-refractivity contribution < 1.29 is 4.42 Å². The van der Waals surface area contributed by atoms with Gasteiger partial charge < -0.3 is 4.42 Å². The maximum Gasteiger partial charge on any atom is 0.117 e. The van der Waals surface area contributed by atoms with Gasteiger partial charge in [-0.3, -0.25) is 4.90 Å².